The van der Waals surface area contributed by atoms with Gasteiger partial charge in [0, 0.05) is 18.2 Å². The van der Waals surface area contributed by atoms with Crippen LogP contribution < -0.4 is 4.74 Å². The highest BCUT2D eigenvalue weighted by Gasteiger charge is 2.72. The zero-order chi connectivity index (χ0) is 17.0. The van der Waals surface area contributed by atoms with E-state index >= 15 is 0 Å². The Kier molecular flexibility index (Phi) is 2.67. The van der Waals surface area contributed by atoms with Crippen LogP contribution in [0.5, 0.6) is 11.5 Å². The van der Waals surface area contributed by atoms with E-state index in [0.717, 1.165) is 37.4 Å². The molecule has 6 rings (SSSR count). The molecule has 3 N–H and O–H groups in total. The van der Waals surface area contributed by atoms with Crippen LogP contribution in [-0.2, 0) is 11.8 Å². The van der Waals surface area contributed by atoms with E-state index in [9.17, 15) is 15.3 Å². The predicted octanol–water partition coefficient (Wildman–Crippen LogP) is 1.32. The van der Waals surface area contributed by atoms with E-state index in [0.29, 0.717) is 18.6 Å². The lowest BCUT2D eigenvalue weighted by Crippen LogP contribution is -2.77. The van der Waals surface area contributed by atoms with Crippen molar-refractivity contribution in [1.29, 1.82) is 0 Å². The van der Waals surface area contributed by atoms with Crippen LogP contribution >= 0.6 is 0 Å². The number of likely N-dealkylation sites (tertiary alicyclic amines) is 1. The van der Waals surface area contributed by atoms with E-state index in [-0.39, 0.29) is 11.8 Å². The predicted molar refractivity (Wildman–Crippen MR) is 90.8 cm³/mol. The number of rotatable bonds is 2. The zero-order valence-corrected chi connectivity index (χ0v) is 14.3. The van der Waals surface area contributed by atoms with Crippen molar-refractivity contribution in [1.82, 2.24) is 4.90 Å². The minimum atomic E-state index is -0.879. The Morgan fingerprint density at radius 1 is 1.20 bits per heavy atom. The molecule has 2 heterocycles. The average molecular weight is 343 g/mol. The molecule has 1 aromatic carbocycles. The van der Waals surface area contributed by atoms with Gasteiger partial charge in [-0.2, -0.15) is 0 Å². The van der Waals surface area contributed by atoms with Crippen LogP contribution in [0.2, 0.25) is 0 Å². The number of aliphatic hydroxyl groups is 2. The van der Waals surface area contributed by atoms with Crippen molar-refractivity contribution in [3.63, 3.8) is 0 Å². The Bertz CT molecular complexity index is 762. The van der Waals surface area contributed by atoms with E-state index in [1.165, 1.54) is 18.4 Å². The minimum Gasteiger partial charge on any atom is -0.504 e. The summed E-state index contributed by atoms with van der Waals surface area (Å²) in [5.74, 6) is 1.44. The number of aliphatic hydroxyl groups excluding tert-OH is 1. The molecule has 3 fully saturated rings. The second kappa shape index (κ2) is 4.51. The Labute approximate surface area is 147 Å². The Hall–Kier alpha value is -1.30. The first kappa shape index (κ1) is 14.8. The summed E-state index contributed by atoms with van der Waals surface area (Å²) in [5, 5.41) is 33.1. The van der Waals surface area contributed by atoms with Gasteiger partial charge < -0.3 is 20.1 Å². The summed E-state index contributed by atoms with van der Waals surface area (Å²) in [6, 6.07) is 3.79. The summed E-state index contributed by atoms with van der Waals surface area (Å²) in [4.78, 5) is 2.51. The van der Waals surface area contributed by atoms with Crippen molar-refractivity contribution < 1.29 is 20.1 Å². The first-order chi connectivity index (χ1) is 12.0. The number of nitrogens with zero attached hydrogens (tertiary/aromatic N) is 1. The SMILES string of the molecule is Oc1ccc2c3c1O[C@@H]1[C@@H](O)CC[C@]4(O)[C@H](C2)N(CC2CC2)CC[C@@]314. The lowest BCUT2D eigenvalue weighted by Gasteiger charge is -2.63. The van der Waals surface area contributed by atoms with E-state index in [1.807, 2.05) is 6.07 Å². The summed E-state index contributed by atoms with van der Waals surface area (Å²) in [6.45, 7) is 2.02. The van der Waals surface area contributed by atoms with E-state index in [4.69, 9.17) is 4.74 Å². The molecule has 3 aliphatic carbocycles. The highest BCUT2D eigenvalue weighted by Crippen LogP contribution is 2.65. The van der Waals surface area contributed by atoms with Crippen LogP contribution in [-0.4, -0.2) is 57.2 Å². The number of piperidine rings is 1. The normalized spacial score (nSPS) is 44.3. The fourth-order valence-electron chi connectivity index (χ4n) is 6.46. The van der Waals surface area contributed by atoms with Crippen LogP contribution in [0.25, 0.3) is 0 Å². The standard InChI is InChI=1S/C20H25NO4/c22-13-4-3-12-9-15-20(24)6-5-14(23)18-19(20,16(12)17(13)25-18)7-8-21(15)10-11-1-2-11/h3-4,11,14-15,18,22-24H,1-2,5-10H2/t14-,15-,18+,19+,20-/m0/s1. The molecule has 2 saturated carbocycles. The molecule has 134 valence electrons. The molecular formula is C20H25NO4. The third kappa shape index (κ3) is 1.61. The molecule has 1 spiro atoms. The van der Waals surface area contributed by atoms with Crippen molar-refractivity contribution >= 4 is 0 Å². The fourth-order valence-corrected chi connectivity index (χ4v) is 6.46. The first-order valence-electron chi connectivity index (χ1n) is 9.71. The molecule has 2 aliphatic heterocycles. The number of phenolic OH excluding ortho intramolecular Hbond substituents is 1. The molecule has 0 amide bonds. The van der Waals surface area contributed by atoms with Crippen molar-refractivity contribution in [3.05, 3.63) is 23.3 Å². The van der Waals surface area contributed by atoms with Gasteiger partial charge in [-0.3, -0.25) is 4.90 Å². The Morgan fingerprint density at radius 2 is 2.04 bits per heavy atom. The molecule has 2 bridgehead atoms. The summed E-state index contributed by atoms with van der Waals surface area (Å²) < 4.78 is 6.14. The highest BCUT2D eigenvalue weighted by molar-refractivity contribution is 5.62. The van der Waals surface area contributed by atoms with Gasteiger partial charge in [0.2, 0.25) is 0 Å². The molecular weight excluding hydrogens is 318 g/mol. The summed E-state index contributed by atoms with van der Waals surface area (Å²) >= 11 is 0. The zero-order valence-electron chi connectivity index (χ0n) is 14.3. The third-order valence-electron chi connectivity index (χ3n) is 7.73. The van der Waals surface area contributed by atoms with Crippen molar-refractivity contribution in [2.24, 2.45) is 5.92 Å². The first-order valence-corrected chi connectivity index (χ1v) is 9.71. The maximum Gasteiger partial charge on any atom is 0.165 e. The Morgan fingerprint density at radius 3 is 2.84 bits per heavy atom. The largest absolute Gasteiger partial charge is 0.504 e. The van der Waals surface area contributed by atoms with Gasteiger partial charge in [-0.15, -0.1) is 0 Å². The van der Waals surface area contributed by atoms with Gasteiger partial charge in [0.25, 0.3) is 0 Å². The lowest BCUT2D eigenvalue weighted by molar-refractivity contribution is -0.208. The topological polar surface area (TPSA) is 73.2 Å². The molecule has 0 radical (unpaired) electrons. The van der Waals surface area contributed by atoms with Crippen molar-refractivity contribution in [2.75, 3.05) is 13.1 Å². The smallest absolute Gasteiger partial charge is 0.165 e. The van der Waals surface area contributed by atoms with Crippen LogP contribution in [0.3, 0.4) is 0 Å². The lowest BCUT2D eigenvalue weighted by atomic mass is 9.48. The second-order valence-electron chi connectivity index (χ2n) is 8.90. The van der Waals surface area contributed by atoms with Gasteiger partial charge in [0.15, 0.2) is 11.5 Å². The number of aromatic hydroxyl groups is 1. The molecule has 0 unspecified atom stereocenters. The van der Waals surface area contributed by atoms with Crippen molar-refractivity contribution in [2.45, 2.75) is 67.8 Å². The molecule has 5 heteroatoms. The highest BCUT2D eigenvalue weighted by atomic mass is 16.5. The number of benzene rings is 1. The molecule has 1 aromatic rings. The molecule has 0 aromatic heterocycles. The van der Waals surface area contributed by atoms with Gasteiger partial charge in [0.05, 0.1) is 17.1 Å². The monoisotopic (exact) mass is 343 g/mol. The average Bonchev–Trinajstić information content (AvgIpc) is 3.32. The van der Waals surface area contributed by atoms with Gasteiger partial charge in [0.1, 0.15) is 6.10 Å². The molecule has 5 aliphatic rings. The molecule has 25 heavy (non-hydrogen) atoms. The van der Waals surface area contributed by atoms with Crippen molar-refractivity contribution in [3.8, 4) is 11.5 Å². The van der Waals surface area contributed by atoms with Crippen LogP contribution in [0, 0.1) is 5.92 Å². The van der Waals surface area contributed by atoms with Crippen LogP contribution in [0.15, 0.2) is 12.1 Å². The van der Waals surface area contributed by atoms with Crippen LogP contribution in [0.1, 0.15) is 43.2 Å². The number of hydrogen-bond donors (Lipinski definition) is 3. The van der Waals surface area contributed by atoms with Gasteiger partial charge >= 0.3 is 0 Å². The van der Waals surface area contributed by atoms with E-state index in [2.05, 4.69) is 4.90 Å². The molecule has 5 atom stereocenters. The maximum absolute atomic E-state index is 12.0. The maximum atomic E-state index is 12.0. The third-order valence-corrected chi connectivity index (χ3v) is 7.73. The second-order valence-corrected chi connectivity index (χ2v) is 8.90. The molecule has 5 nitrogen and oxygen atoms in total. The quantitative estimate of drug-likeness (QED) is 0.755. The summed E-state index contributed by atoms with van der Waals surface area (Å²) in [7, 11) is 0. The number of ether oxygens (including phenoxy) is 1. The number of phenols is 1. The Balaban J connectivity index is 1.57. The minimum absolute atomic E-state index is 0.0865. The van der Waals surface area contributed by atoms with Crippen LogP contribution in [0.4, 0.5) is 0 Å². The van der Waals surface area contributed by atoms with Gasteiger partial charge in [-0.05, 0) is 62.6 Å². The fraction of sp³-hybridized carbons (Fsp3) is 0.700. The number of hydrogen-bond acceptors (Lipinski definition) is 5. The van der Waals surface area contributed by atoms with E-state index < -0.39 is 23.2 Å². The van der Waals surface area contributed by atoms with Gasteiger partial charge in [-0.25, -0.2) is 0 Å². The summed E-state index contributed by atoms with van der Waals surface area (Å²) in [5.41, 5.74) is 0.716. The molecule has 1 saturated heterocycles. The van der Waals surface area contributed by atoms with Gasteiger partial charge in [-0.1, -0.05) is 6.07 Å². The van der Waals surface area contributed by atoms with E-state index in [1.54, 1.807) is 6.07 Å². The summed E-state index contributed by atoms with van der Waals surface area (Å²) in [6.07, 6.45) is 4.35.